The minimum absolute atomic E-state index is 0.133. The first kappa shape index (κ1) is 16.2. The number of esters is 1. The third-order valence-electron chi connectivity index (χ3n) is 2.50. The summed E-state index contributed by atoms with van der Waals surface area (Å²) in [6, 6.07) is 0. The molecule has 0 radical (unpaired) electrons. The highest BCUT2D eigenvalue weighted by Crippen LogP contribution is 2.26. The summed E-state index contributed by atoms with van der Waals surface area (Å²) in [7, 11) is -0.208. The molecule has 0 N–H and O–H groups in total. The van der Waals surface area contributed by atoms with Crippen molar-refractivity contribution in [2.75, 3.05) is 12.4 Å². The maximum atomic E-state index is 12.0. The predicted octanol–water partition coefficient (Wildman–Crippen LogP) is 0.517. The number of imidazole rings is 1. The highest BCUT2D eigenvalue weighted by molar-refractivity contribution is 7.87. The first-order chi connectivity index (χ1) is 10.4. The van der Waals surface area contributed by atoms with Crippen molar-refractivity contribution in [3.63, 3.8) is 0 Å². The van der Waals surface area contributed by atoms with E-state index < -0.39 is 21.7 Å². The van der Waals surface area contributed by atoms with Gasteiger partial charge in [-0.3, -0.25) is 9.00 Å². The molecule has 0 aliphatic carbocycles. The Hall–Kier alpha value is -2.21. The monoisotopic (exact) mass is 345 g/mol. The second kappa shape index (κ2) is 6.70. The Bertz CT molecular complexity index is 740. The minimum Gasteiger partial charge on any atom is -0.465 e. The fourth-order valence-corrected chi connectivity index (χ4v) is 3.48. The van der Waals surface area contributed by atoms with Gasteiger partial charge in [-0.15, -0.1) is 10.2 Å². The van der Waals surface area contributed by atoms with Gasteiger partial charge in [0, 0.05) is 0 Å². The number of hydrogen-bond donors (Lipinski definition) is 0. The molecule has 2 aromatic rings. The molecule has 1 atom stereocenters. The van der Waals surface area contributed by atoms with E-state index in [0.717, 1.165) is 17.5 Å². The number of hydrogen-bond acceptors (Lipinski definition) is 9. The maximum Gasteiger partial charge on any atom is 0.342 e. The molecule has 1 unspecified atom stereocenters. The van der Waals surface area contributed by atoms with Crippen LogP contribution in [0.15, 0.2) is 10.5 Å². The van der Waals surface area contributed by atoms with Crippen molar-refractivity contribution >= 4 is 33.9 Å². The Morgan fingerprint density at radius 3 is 2.86 bits per heavy atom. The van der Waals surface area contributed by atoms with Crippen LogP contribution in [-0.4, -0.2) is 47.2 Å². The van der Waals surface area contributed by atoms with Crippen molar-refractivity contribution in [1.29, 1.82) is 0 Å². The molecular weight excluding hydrogens is 334 g/mol. The molecule has 10 nitrogen and oxygen atoms in total. The molecule has 0 amide bonds. The molecule has 0 saturated carbocycles. The zero-order chi connectivity index (χ0) is 16.3. The van der Waals surface area contributed by atoms with Crippen LogP contribution in [0.1, 0.15) is 6.92 Å². The van der Waals surface area contributed by atoms with Crippen LogP contribution in [0, 0.1) is 10.1 Å². The zero-order valence-corrected chi connectivity index (χ0v) is 13.2. The van der Waals surface area contributed by atoms with Gasteiger partial charge >= 0.3 is 11.8 Å². The molecule has 12 heteroatoms. The lowest BCUT2D eigenvalue weighted by Crippen LogP contribution is -2.13. The van der Waals surface area contributed by atoms with E-state index in [0.29, 0.717) is 0 Å². The first-order valence-electron chi connectivity index (χ1n) is 5.98. The average Bonchev–Trinajstić information content (AvgIpc) is 3.04. The molecule has 118 valence electrons. The summed E-state index contributed by atoms with van der Waals surface area (Å²) in [5, 5.41) is 18.6. The van der Waals surface area contributed by atoms with E-state index in [9.17, 15) is 19.1 Å². The lowest BCUT2D eigenvalue weighted by atomic mass is 10.6. The summed E-state index contributed by atoms with van der Waals surface area (Å²) in [5.74, 6) is -0.864. The third kappa shape index (κ3) is 3.33. The van der Waals surface area contributed by atoms with Crippen molar-refractivity contribution in [3.05, 3.63) is 16.3 Å². The van der Waals surface area contributed by atoms with Gasteiger partial charge in [-0.25, -0.2) is 9.55 Å². The molecule has 0 fully saturated rings. The number of nitro groups is 1. The van der Waals surface area contributed by atoms with Gasteiger partial charge in [-0.2, -0.15) is 0 Å². The van der Waals surface area contributed by atoms with Crippen LogP contribution in [0.3, 0.4) is 0 Å². The Kier molecular flexibility index (Phi) is 4.92. The third-order valence-corrected chi connectivity index (χ3v) is 4.99. The van der Waals surface area contributed by atoms with Gasteiger partial charge < -0.3 is 14.9 Å². The van der Waals surface area contributed by atoms with Crippen LogP contribution in [0.2, 0.25) is 0 Å². The second-order valence-corrected chi connectivity index (χ2v) is 6.53. The van der Waals surface area contributed by atoms with Gasteiger partial charge in [0.15, 0.2) is 0 Å². The topological polar surface area (TPSA) is 130 Å². The van der Waals surface area contributed by atoms with E-state index in [1.807, 2.05) is 0 Å². The second-order valence-electron chi connectivity index (χ2n) is 3.92. The summed E-state index contributed by atoms with van der Waals surface area (Å²) in [6.07, 6.45) is 1.10. The number of carbonyl (C=O) groups excluding carboxylic acids is 1. The first-order valence-corrected chi connectivity index (χ1v) is 8.11. The van der Waals surface area contributed by atoms with Gasteiger partial charge in [0.25, 0.3) is 5.82 Å². The van der Waals surface area contributed by atoms with Gasteiger partial charge in [-0.1, -0.05) is 11.3 Å². The lowest BCUT2D eigenvalue weighted by Gasteiger charge is -1.98. The fraction of sp³-hybridized carbons (Fsp3) is 0.400. The Morgan fingerprint density at radius 1 is 1.55 bits per heavy atom. The van der Waals surface area contributed by atoms with Crippen molar-refractivity contribution in [2.24, 2.45) is 7.05 Å². The van der Waals surface area contributed by atoms with Gasteiger partial charge in [0.1, 0.15) is 11.9 Å². The standard InChI is InChI=1S/C10H11N5O5S2/c1-3-20-7(16)5-22(19)10-13-12-9(21-10)8-11-4-6(14(8)2)15(17)18/h4H,3,5H2,1-2H3. The van der Waals surface area contributed by atoms with E-state index in [4.69, 9.17) is 4.74 Å². The quantitative estimate of drug-likeness (QED) is 0.421. The average molecular weight is 345 g/mol. The zero-order valence-electron chi connectivity index (χ0n) is 11.6. The summed E-state index contributed by atoms with van der Waals surface area (Å²) in [6.45, 7) is 1.85. The molecule has 0 aromatic carbocycles. The molecule has 22 heavy (non-hydrogen) atoms. The summed E-state index contributed by atoms with van der Waals surface area (Å²) < 4.78 is 18.0. The van der Waals surface area contributed by atoms with Gasteiger partial charge in [0.2, 0.25) is 9.35 Å². The van der Waals surface area contributed by atoms with Crippen LogP contribution in [0.4, 0.5) is 5.82 Å². The fourth-order valence-electron chi connectivity index (χ4n) is 1.53. The molecule has 2 heterocycles. The smallest absolute Gasteiger partial charge is 0.342 e. The SMILES string of the molecule is CCOC(=O)CS(=O)c1nnc(-c2ncc([N+](=O)[O-])n2C)s1. The summed E-state index contributed by atoms with van der Waals surface area (Å²) >= 11 is 0.957. The number of ether oxygens (including phenoxy) is 1. The minimum atomic E-state index is -1.68. The van der Waals surface area contributed by atoms with Crippen LogP contribution < -0.4 is 0 Å². The van der Waals surface area contributed by atoms with E-state index in [1.165, 1.54) is 11.6 Å². The maximum absolute atomic E-state index is 12.0. The van der Waals surface area contributed by atoms with Crippen LogP contribution in [0.5, 0.6) is 0 Å². The van der Waals surface area contributed by atoms with Crippen molar-refractivity contribution in [1.82, 2.24) is 19.7 Å². The Morgan fingerprint density at radius 2 is 2.27 bits per heavy atom. The van der Waals surface area contributed by atoms with E-state index >= 15 is 0 Å². The molecule has 0 aliphatic rings. The number of carbonyl (C=O) groups is 1. The Balaban J connectivity index is 2.20. The highest BCUT2D eigenvalue weighted by atomic mass is 32.2. The molecule has 0 saturated heterocycles. The van der Waals surface area contributed by atoms with Crippen LogP contribution in [-0.2, 0) is 27.4 Å². The van der Waals surface area contributed by atoms with E-state index in [1.54, 1.807) is 6.92 Å². The van der Waals surface area contributed by atoms with Crippen molar-refractivity contribution < 1.29 is 18.7 Å². The molecular formula is C10H11N5O5S2. The van der Waals surface area contributed by atoms with Crippen LogP contribution in [0.25, 0.3) is 10.8 Å². The number of nitrogens with zero attached hydrogens (tertiary/aromatic N) is 5. The summed E-state index contributed by atoms with van der Waals surface area (Å²) in [4.78, 5) is 25.4. The predicted molar refractivity (Wildman–Crippen MR) is 76.7 cm³/mol. The molecule has 2 aromatic heterocycles. The molecule has 0 bridgehead atoms. The summed E-state index contributed by atoms with van der Waals surface area (Å²) in [5.41, 5.74) is 0. The molecule has 0 aliphatic heterocycles. The van der Waals surface area contributed by atoms with Crippen molar-refractivity contribution in [3.8, 4) is 10.8 Å². The van der Waals surface area contributed by atoms with Crippen LogP contribution >= 0.6 is 11.3 Å². The van der Waals surface area contributed by atoms with E-state index in [-0.39, 0.29) is 33.3 Å². The van der Waals surface area contributed by atoms with Crippen molar-refractivity contribution in [2.45, 2.75) is 11.3 Å². The molecule has 2 rings (SSSR count). The largest absolute Gasteiger partial charge is 0.465 e. The van der Waals surface area contributed by atoms with Gasteiger partial charge in [-0.05, 0) is 11.8 Å². The number of aromatic nitrogens is 4. The van der Waals surface area contributed by atoms with Gasteiger partial charge in [0.05, 0.1) is 24.5 Å². The number of rotatable bonds is 6. The normalized spacial score (nSPS) is 12.1. The molecule has 0 spiro atoms. The lowest BCUT2D eigenvalue weighted by molar-refractivity contribution is -0.391. The van der Waals surface area contributed by atoms with E-state index in [2.05, 4.69) is 15.2 Å². The highest BCUT2D eigenvalue weighted by Gasteiger charge is 2.23. The Labute approximate surface area is 130 Å².